The Morgan fingerprint density at radius 3 is 2.12 bits per heavy atom. The maximum Gasteiger partial charge on any atom is 0.418 e. The van der Waals surface area contributed by atoms with Crippen LogP contribution in [0, 0.1) is 0 Å². The van der Waals surface area contributed by atoms with Crippen LogP contribution < -0.4 is 5.06 Å². The number of rotatable bonds is 2. The van der Waals surface area contributed by atoms with Crippen LogP contribution >= 0.6 is 11.6 Å². The molecule has 1 N–H and O–H groups in total. The summed E-state index contributed by atoms with van der Waals surface area (Å²) in [5.41, 5.74) is -4.69. The smallest absolute Gasteiger partial charge is 0.281 e. The molecule has 2 aromatic rings. The van der Waals surface area contributed by atoms with Crippen molar-refractivity contribution < 1.29 is 36.3 Å². The first-order valence-electron chi connectivity index (χ1n) is 6.48. The highest BCUT2D eigenvalue weighted by atomic mass is 35.5. The molecule has 0 aliphatic rings. The summed E-state index contributed by atoms with van der Waals surface area (Å²) in [6, 6.07) is 5.25. The van der Waals surface area contributed by atoms with E-state index in [-0.39, 0.29) is 28.8 Å². The van der Waals surface area contributed by atoms with E-state index in [1.165, 1.54) is 12.1 Å². The van der Waals surface area contributed by atoms with Crippen molar-refractivity contribution in [3.05, 3.63) is 64.2 Å². The quantitative estimate of drug-likeness (QED) is 0.428. The molecule has 0 saturated heterocycles. The molecule has 10 heteroatoms. The Morgan fingerprint density at radius 2 is 1.60 bits per heavy atom. The van der Waals surface area contributed by atoms with Crippen LogP contribution in [0.1, 0.15) is 21.5 Å². The fourth-order valence-electron chi connectivity index (χ4n) is 1.98. The minimum atomic E-state index is -5.09. The number of carbonyl (C=O) groups is 1. The van der Waals surface area contributed by atoms with Crippen molar-refractivity contribution in [2.24, 2.45) is 0 Å². The van der Waals surface area contributed by atoms with Crippen molar-refractivity contribution in [2.45, 2.75) is 12.4 Å². The number of hydroxylamine groups is 1. The predicted octanol–water partition coefficient (Wildman–Crippen LogP) is 5.41. The van der Waals surface area contributed by atoms with Gasteiger partial charge in [0, 0.05) is 10.6 Å². The maximum absolute atomic E-state index is 13.0. The molecule has 0 atom stereocenters. The van der Waals surface area contributed by atoms with Gasteiger partial charge in [0.05, 0.1) is 16.8 Å². The second-order valence-corrected chi connectivity index (χ2v) is 5.29. The van der Waals surface area contributed by atoms with E-state index in [1.807, 2.05) is 0 Å². The summed E-state index contributed by atoms with van der Waals surface area (Å²) >= 11 is 5.65. The van der Waals surface area contributed by atoms with Crippen molar-refractivity contribution in [3.63, 3.8) is 0 Å². The largest absolute Gasteiger partial charge is 0.418 e. The summed E-state index contributed by atoms with van der Waals surface area (Å²) in [5.74, 6) is -1.37. The number of anilines is 1. The van der Waals surface area contributed by atoms with E-state index in [1.54, 1.807) is 0 Å². The molecule has 0 unspecified atom stereocenters. The highest BCUT2D eigenvalue weighted by Gasteiger charge is 2.39. The number of benzene rings is 2. The van der Waals surface area contributed by atoms with Crippen LogP contribution in [0.25, 0.3) is 0 Å². The molecule has 0 bridgehead atoms. The maximum atomic E-state index is 13.0. The molecule has 0 spiro atoms. The molecule has 0 saturated carbocycles. The third kappa shape index (κ3) is 4.23. The van der Waals surface area contributed by atoms with Crippen LogP contribution in [0.4, 0.5) is 32.0 Å². The van der Waals surface area contributed by atoms with E-state index < -0.39 is 40.1 Å². The van der Waals surface area contributed by atoms with Crippen LogP contribution in [0.15, 0.2) is 42.5 Å². The van der Waals surface area contributed by atoms with Crippen LogP contribution in [0.2, 0.25) is 5.02 Å². The van der Waals surface area contributed by atoms with E-state index >= 15 is 0 Å². The Morgan fingerprint density at radius 1 is 0.960 bits per heavy atom. The molecule has 0 aliphatic heterocycles. The Balaban J connectivity index is 2.56. The summed E-state index contributed by atoms with van der Waals surface area (Å²) in [4.78, 5) is 12.1. The Hall–Kier alpha value is -2.26. The molecular formula is C15H8ClF6NO2. The number of amides is 1. The topological polar surface area (TPSA) is 40.5 Å². The summed E-state index contributed by atoms with van der Waals surface area (Å²) in [5, 5.41) is 9.41. The van der Waals surface area contributed by atoms with Gasteiger partial charge in [-0.3, -0.25) is 10.0 Å². The van der Waals surface area contributed by atoms with Gasteiger partial charge >= 0.3 is 12.4 Å². The van der Waals surface area contributed by atoms with Crippen LogP contribution in [-0.4, -0.2) is 11.1 Å². The molecule has 2 aromatic carbocycles. The van der Waals surface area contributed by atoms with Gasteiger partial charge in [-0.1, -0.05) is 17.7 Å². The lowest BCUT2D eigenvalue weighted by atomic mass is 10.1. The minimum Gasteiger partial charge on any atom is -0.281 e. The average molecular weight is 384 g/mol. The summed E-state index contributed by atoms with van der Waals surface area (Å²) in [6.45, 7) is 0. The number of halogens is 7. The van der Waals surface area contributed by atoms with Gasteiger partial charge in [-0.2, -0.15) is 31.4 Å². The van der Waals surface area contributed by atoms with Gasteiger partial charge in [-0.05, 0) is 36.4 Å². The zero-order valence-electron chi connectivity index (χ0n) is 12.0. The SMILES string of the molecule is O=C(c1cccc(Cl)c1)N(O)c1cc(C(F)(F)F)ccc1C(F)(F)F. The first-order chi connectivity index (χ1) is 11.4. The number of nitrogens with zero attached hydrogens (tertiary/aromatic N) is 1. The Kier molecular flexibility index (Phi) is 5.01. The van der Waals surface area contributed by atoms with Crippen LogP contribution in [-0.2, 0) is 12.4 Å². The van der Waals surface area contributed by atoms with Gasteiger partial charge in [-0.15, -0.1) is 0 Å². The fraction of sp³-hybridized carbons (Fsp3) is 0.133. The second kappa shape index (κ2) is 6.57. The average Bonchev–Trinajstić information content (AvgIpc) is 2.51. The van der Waals surface area contributed by atoms with Gasteiger partial charge < -0.3 is 0 Å². The summed E-state index contributed by atoms with van der Waals surface area (Å²) in [7, 11) is 0. The van der Waals surface area contributed by atoms with Gasteiger partial charge in [0.15, 0.2) is 0 Å². The van der Waals surface area contributed by atoms with E-state index in [4.69, 9.17) is 11.6 Å². The van der Waals surface area contributed by atoms with Crippen molar-refractivity contribution in [1.82, 2.24) is 0 Å². The first kappa shape index (κ1) is 19.1. The molecule has 0 heterocycles. The van der Waals surface area contributed by atoms with Crippen molar-refractivity contribution in [1.29, 1.82) is 0 Å². The normalized spacial score (nSPS) is 12.2. The van der Waals surface area contributed by atoms with E-state index in [9.17, 15) is 36.3 Å². The van der Waals surface area contributed by atoms with Gasteiger partial charge in [-0.25, -0.2) is 0 Å². The molecule has 0 aliphatic carbocycles. The molecular weight excluding hydrogens is 376 g/mol. The lowest BCUT2D eigenvalue weighted by Crippen LogP contribution is -2.29. The van der Waals surface area contributed by atoms with Crippen LogP contribution in [0.5, 0.6) is 0 Å². The highest BCUT2D eigenvalue weighted by molar-refractivity contribution is 6.31. The Labute approximate surface area is 142 Å². The minimum absolute atomic E-state index is 0.0469. The summed E-state index contributed by atoms with van der Waals surface area (Å²) in [6.07, 6.45) is -10.0. The van der Waals surface area contributed by atoms with Crippen molar-refractivity contribution in [2.75, 3.05) is 5.06 Å². The highest BCUT2D eigenvalue weighted by Crippen LogP contribution is 2.40. The first-order valence-corrected chi connectivity index (χ1v) is 6.86. The van der Waals surface area contributed by atoms with Gasteiger partial charge in [0.1, 0.15) is 0 Å². The zero-order chi connectivity index (χ0) is 19.0. The number of hydrogen-bond donors (Lipinski definition) is 1. The Bertz CT molecular complexity index is 803. The third-order valence-corrected chi connectivity index (χ3v) is 3.36. The molecule has 0 fully saturated rings. The second-order valence-electron chi connectivity index (χ2n) is 4.85. The van der Waals surface area contributed by atoms with E-state index in [2.05, 4.69) is 0 Å². The molecule has 0 radical (unpaired) electrons. The van der Waals surface area contributed by atoms with Crippen molar-refractivity contribution >= 4 is 23.2 Å². The van der Waals surface area contributed by atoms with Crippen LogP contribution in [0.3, 0.4) is 0 Å². The summed E-state index contributed by atoms with van der Waals surface area (Å²) < 4.78 is 77.3. The van der Waals surface area contributed by atoms with E-state index in [0.717, 1.165) is 12.1 Å². The monoisotopic (exact) mass is 383 g/mol. The molecule has 1 amide bonds. The molecule has 134 valence electrons. The zero-order valence-corrected chi connectivity index (χ0v) is 12.7. The number of alkyl halides is 6. The number of hydrogen-bond acceptors (Lipinski definition) is 2. The molecule has 2 rings (SSSR count). The number of carbonyl (C=O) groups excluding carboxylic acids is 1. The van der Waals surface area contributed by atoms with E-state index in [0.29, 0.717) is 0 Å². The predicted molar refractivity (Wildman–Crippen MR) is 76.5 cm³/mol. The standard InChI is InChI=1S/C15H8ClF6NO2/c16-10-3-1-2-8(6-10)13(24)23(25)12-7-9(14(17,18)19)4-5-11(12)15(20,21)22/h1-7,25H. The fourth-order valence-corrected chi connectivity index (χ4v) is 2.17. The molecule has 0 aromatic heterocycles. The van der Waals surface area contributed by atoms with Gasteiger partial charge in [0.2, 0.25) is 0 Å². The molecule has 3 nitrogen and oxygen atoms in total. The third-order valence-electron chi connectivity index (χ3n) is 3.12. The lowest BCUT2D eigenvalue weighted by molar-refractivity contribution is -0.141. The lowest BCUT2D eigenvalue weighted by Gasteiger charge is -2.21. The van der Waals surface area contributed by atoms with Gasteiger partial charge in [0.25, 0.3) is 5.91 Å². The van der Waals surface area contributed by atoms with Crippen molar-refractivity contribution in [3.8, 4) is 0 Å². The molecule has 25 heavy (non-hydrogen) atoms.